The van der Waals surface area contributed by atoms with Gasteiger partial charge in [0.05, 0.1) is 5.69 Å². The standard InChI is InChI=1S/C18H15NO5S/c20-18(24-12-13-6-2-1-3-7-13)19-15-10-4-8-14-9-5-11-16(17(14)15)25(21,22)23/h1-11H,12H2,(H,19,20)(H,21,22,23). The van der Waals surface area contributed by atoms with Gasteiger partial charge in [0.2, 0.25) is 0 Å². The van der Waals surface area contributed by atoms with Crippen molar-refractivity contribution >= 4 is 32.7 Å². The maximum atomic E-state index is 12.0. The lowest BCUT2D eigenvalue weighted by molar-refractivity contribution is 0.155. The summed E-state index contributed by atoms with van der Waals surface area (Å²) >= 11 is 0. The lowest BCUT2D eigenvalue weighted by Gasteiger charge is -2.12. The molecule has 0 aliphatic carbocycles. The number of ether oxygens (including phenoxy) is 1. The van der Waals surface area contributed by atoms with Crippen molar-refractivity contribution in [2.45, 2.75) is 11.5 Å². The number of amides is 1. The van der Waals surface area contributed by atoms with Crippen LogP contribution in [-0.4, -0.2) is 19.1 Å². The van der Waals surface area contributed by atoms with Gasteiger partial charge in [-0.3, -0.25) is 9.87 Å². The Morgan fingerprint density at radius 1 is 0.960 bits per heavy atom. The Labute approximate surface area is 144 Å². The zero-order chi connectivity index (χ0) is 17.9. The Morgan fingerprint density at radius 3 is 2.32 bits per heavy atom. The molecule has 3 rings (SSSR count). The third-order valence-corrected chi connectivity index (χ3v) is 4.49. The predicted octanol–water partition coefficient (Wildman–Crippen LogP) is 3.84. The molecule has 0 atom stereocenters. The molecule has 0 aliphatic rings. The van der Waals surface area contributed by atoms with Gasteiger partial charge in [0.15, 0.2) is 0 Å². The molecule has 3 aromatic rings. The van der Waals surface area contributed by atoms with E-state index in [1.165, 1.54) is 12.1 Å². The zero-order valence-electron chi connectivity index (χ0n) is 13.0. The third-order valence-electron chi connectivity index (χ3n) is 3.59. The van der Waals surface area contributed by atoms with E-state index in [0.717, 1.165) is 5.56 Å². The molecule has 0 saturated carbocycles. The van der Waals surface area contributed by atoms with Gasteiger partial charge in [-0.25, -0.2) is 4.79 Å². The van der Waals surface area contributed by atoms with Gasteiger partial charge < -0.3 is 4.74 Å². The quantitative estimate of drug-likeness (QED) is 0.692. The van der Waals surface area contributed by atoms with Crippen molar-refractivity contribution in [2.75, 3.05) is 5.32 Å². The van der Waals surface area contributed by atoms with E-state index in [1.54, 1.807) is 24.3 Å². The summed E-state index contributed by atoms with van der Waals surface area (Å²) in [7, 11) is -4.44. The van der Waals surface area contributed by atoms with Crippen molar-refractivity contribution in [1.82, 2.24) is 0 Å². The average molecular weight is 357 g/mol. The predicted molar refractivity (Wildman–Crippen MR) is 94.0 cm³/mol. The molecule has 0 aliphatic heterocycles. The maximum Gasteiger partial charge on any atom is 0.411 e. The summed E-state index contributed by atoms with van der Waals surface area (Å²) in [5, 5.41) is 3.32. The first-order valence-electron chi connectivity index (χ1n) is 7.42. The van der Waals surface area contributed by atoms with Gasteiger partial charge in [0.25, 0.3) is 10.1 Å². The molecule has 0 aromatic heterocycles. The molecule has 128 valence electrons. The van der Waals surface area contributed by atoms with Gasteiger partial charge >= 0.3 is 6.09 Å². The number of benzene rings is 3. The van der Waals surface area contributed by atoms with Crippen molar-refractivity contribution in [1.29, 1.82) is 0 Å². The van der Waals surface area contributed by atoms with E-state index in [-0.39, 0.29) is 22.6 Å². The first-order valence-corrected chi connectivity index (χ1v) is 8.86. The van der Waals surface area contributed by atoms with Gasteiger partial charge in [-0.15, -0.1) is 0 Å². The minimum Gasteiger partial charge on any atom is -0.444 e. The number of hydrogen-bond donors (Lipinski definition) is 2. The molecule has 2 N–H and O–H groups in total. The highest BCUT2D eigenvalue weighted by Crippen LogP contribution is 2.30. The minimum atomic E-state index is -4.44. The molecule has 0 fully saturated rings. The second-order valence-corrected chi connectivity index (χ2v) is 6.71. The van der Waals surface area contributed by atoms with Crippen LogP contribution in [0.1, 0.15) is 5.56 Å². The van der Waals surface area contributed by atoms with Crippen LogP contribution in [0, 0.1) is 0 Å². The van der Waals surface area contributed by atoms with Crippen LogP contribution in [0.15, 0.2) is 71.6 Å². The van der Waals surface area contributed by atoms with Gasteiger partial charge in [-0.2, -0.15) is 8.42 Å². The van der Waals surface area contributed by atoms with E-state index in [9.17, 15) is 17.8 Å². The SMILES string of the molecule is O=C(Nc1cccc2cccc(S(=O)(=O)O)c12)OCc1ccccc1. The lowest BCUT2D eigenvalue weighted by Crippen LogP contribution is -2.14. The Morgan fingerprint density at radius 2 is 1.64 bits per heavy atom. The van der Waals surface area contributed by atoms with Crippen molar-refractivity contribution in [3.63, 3.8) is 0 Å². The number of nitrogens with one attached hydrogen (secondary N) is 1. The number of anilines is 1. The average Bonchev–Trinajstić information content (AvgIpc) is 2.60. The van der Waals surface area contributed by atoms with Crippen molar-refractivity contribution in [2.24, 2.45) is 0 Å². The number of fused-ring (bicyclic) bond motifs is 1. The van der Waals surface area contributed by atoms with Crippen LogP contribution in [0.4, 0.5) is 10.5 Å². The van der Waals surface area contributed by atoms with Crippen LogP contribution < -0.4 is 5.32 Å². The Bertz CT molecular complexity index is 1010. The van der Waals surface area contributed by atoms with Crippen LogP contribution in [0.5, 0.6) is 0 Å². The highest BCUT2D eigenvalue weighted by molar-refractivity contribution is 7.86. The highest BCUT2D eigenvalue weighted by atomic mass is 32.2. The van der Waals surface area contributed by atoms with Gasteiger partial charge in [0, 0.05) is 5.39 Å². The monoisotopic (exact) mass is 357 g/mol. The molecule has 0 unspecified atom stereocenters. The minimum absolute atomic E-state index is 0.0859. The molecular weight excluding hydrogens is 342 g/mol. The largest absolute Gasteiger partial charge is 0.444 e. The Hall–Kier alpha value is -2.90. The fourth-order valence-corrected chi connectivity index (χ4v) is 3.23. The summed E-state index contributed by atoms with van der Waals surface area (Å²) in [5.74, 6) is 0. The van der Waals surface area contributed by atoms with E-state index >= 15 is 0 Å². The molecule has 0 spiro atoms. The smallest absolute Gasteiger partial charge is 0.411 e. The Balaban J connectivity index is 1.87. The van der Waals surface area contributed by atoms with Crippen LogP contribution in [0.25, 0.3) is 10.8 Å². The van der Waals surface area contributed by atoms with Crippen LogP contribution >= 0.6 is 0 Å². The highest BCUT2D eigenvalue weighted by Gasteiger charge is 2.17. The number of carbonyl (C=O) groups is 1. The molecule has 3 aromatic carbocycles. The number of hydrogen-bond acceptors (Lipinski definition) is 4. The van der Waals surface area contributed by atoms with Crippen LogP contribution in [-0.2, 0) is 21.5 Å². The van der Waals surface area contributed by atoms with E-state index in [2.05, 4.69) is 5.32 Å². The van der Waals surface area contributed by atoms with Gasteiger partial charge in [0.1, 0.15) is 11.5 Å². The third kappa shape index (κ3) is 3.96. The number of rotatable bonds is 4. The van der Waals surface area contributed by atoms with Crippen molar-refractivity contribution in [3.8, 4) is 0 Å². The molecule has 1 amide bonds. The summed E-state index contributed by atoms with van der Waals surface area (Å²) in [6, 6.07) is 18.5. The maximum absolute atomic E-state index is 12.0. The molecule has 6 nitrogen and oxygen atoms in total. The van der Waals surface area contributed by atoms with Crippen molar-refractivity contribution < 1.29 is 22.5 Å². The summed E-state index contributed by atoms with van der Waals surface area (Å²) in [6.07, 6.45) is -0.721. The molecule has 25 heavy (non-hydrogen) atoms. The molecular formula is C18H15NO5S. The van der Waals surface area contributed by atoms with Crippen LogP contribution in [0.2, 0.25) is 0 Å². The second kappa shape index (κ2) is 6.92. The fourth-order valence-electron chi connectivity index (χ4n) is 2.49. The Kier molecular flexibility index (Phi) is 4.69. The first kappa shape index (κ1) is 16.9. The normalized spacial score (nSPS) is 11.2. The van der Waals surface area contributed by atoms with Gasteiger partial charge in [-0.05, 0) is 23.1 Å². The van der Waals surface area contributed by atoms with E-state index < -0.39 is 16.2 Å². The topological polar surface area (TPSA) is 92.7 Å². The molecule has 0 heterocycles. The molecule has 7 heteroatoms. The van der Waals surface area contributed by atoms with Crippen molar-refractivity contribution in [3.05, 3.63) is 72.3 Å². The van der Waals surface area contributed by atoms with E-state index in [4.69, 9.17) is 4.74 Å². The lowest BCUT2D eigenvalue weighted by atomic mass is 10.1. The van der Waals surface area contributed by atoms with E-state index in [0.29, 0.717) is 5.39 Å². The first-order chi connectivity index (χ1) is 11.9. The van der Waals surface area contributed by atoms with Gasteiger partial charge in [-0.1, -0.05) is 54.6 Å². The summed E-state index contributed by atoms with van der Waals surface area (Å²) in [4.78, 5) is 11.8. The molecule has 0 bridgehead atoms. The van der Waals surface area contributed by atoms with Crippen LogP contribution in [0.3, 0.4) is 0 Å². The summed E-state index contributed by atoms with van der Waals surface area (Å²) in [5.41, 5.74) is 1.07. The summed E-state index contributed by atoms with van der Waals surface area (Å²) < 4.78 is 37.8. The number of carbonyl (C=O) groups excluding carboxylic acids is 1. The van der Waals surface area contributed by atoms with E-state index in [1.807, 2.05) is 30.3 Å². The second-order valence-electron chi connectivity index (χ2n) is 5.32. The zero-order valence-corrected chi connectivity index (χ0v) is 13.9. The molecule has 0 radical (unpaired) electrons. The molecule has 0 saturated heterocycles. The summed E-state index contributed by atoms with van der Waals surface area (Å²) in [6.45, 7) is 0.0859. The fraction of sp³-hybridized carbons (Fsp3) is 0.0556.